The molecule has 0 aromatic carbocycles. The Labute approximate surface area is 132 Å². The zero-order valence-corrected chi connectivity index (χ0v) is 13.0. The molecule has 1 aromatic rings. The second kappa shape index (κ2) is 6.94. The number of amides is 1. The van der Waals surface area contributed by atoms with Crippen LogP contribution in [0.4, 0.5) is 0 Å². The van der Waals surface area contributed by atoms with Crippen molar-refractivity contribution in [1.82, 2.24) is 10.3 Å². The number of aliphatic hydroxyl groups is 1. The van der Waals surface area contributed by atoms with E-state index in [1.165, 1.54) is 6.20 Å². The summed E-state index contributed by atoms with van der Waals surface area (Å²) in [6.07, 6.45) is 4.73. The summed E-state index contributed by atoms with van der Waals surface area (Å²) in [7, 11) is 0. The van der Waals surface area contributed by atoms with E-state index in [9.17, 15) is 9.90 Å². The molecule has 0 saturated heterocycles. The monoisotopic (exact) mass is 336 g/mol. The van der Waals surface area contributed by atoms with Crippen molar-refractivity contribution in [2.24, 2.45) is 5.92 Å². The van der Waals surface area contributed by atoms with E-state index in [1.54, 1.807) is 0 Å². The molecule has 1 aliphatic rings. The first kappa shape index (κ1) is 15.8. The van der Waals surface area contributed by atoms with Crippen molar-refractivity contribution in [3.8, 4) is 0 Å². The highest BCUT2D eigenvalue weighted by molar-refractivity contribution is 6.48. The van der Waals surface area contributed by atoms with E-state index in [2.05, 4.69) is 10.3 Å². The summed E-state index contributed by atoms with van der Waals surface area (Å²) >= 11 is 17.6. The molecule has 2 atom stereocenters. The van der Waals surface area contributed by atoms with Crippen LogP contribution in [-0.2, 0) is 0 Å². The lowest BCUT2D eigenvalue weighted by molar-refractivity contribution is 0.0661. The van der Waals surface area contributed by atoms with Crippen LogP contribution in [0.3, 0.4) is 0 Å². The summed E-state index contributed by atoms with van der Waals surface area (Å²) in [6.45, 7) is 0.401. The summed E-state index contributed by atoms with van der Waals surface area (Å²) in [6, 6.07) is 0. The predicted octanol–water partition coefficient (Wildman–Crippen LogP) is 3.32. The maximum atomic E-state index is 12.0. The van der Waals surface area contributed by atoms with E-state index in [0.29, 0.717) is 6.54 Å². The number of nitrogens with zero attached hydrogens (tertiary/aromatic N) is 1. The largest absolute Gasteiger partial charge is 0.393 e. The highest BCUT2D eigenvalue weighted by Gasteiger charge is 2.24. The van der Waals surface area contributed by atoms with Crippen molar-refractivity contribution < 1.29 is 9.90 Å². The summed E-state index contributed by atoms with van der Waals surface area (Å²) in [5.74, 6) is -0.333. The van der Waals surface area contributed by atoms with Crippen LogP contribution in [0.2, 0.25) is 15.1 Å². The topological polar surface area (TPSA) is 62.2 Å². The number of carbonyl (C=O) groups is 1. The molecule has 1 saturated carbocycles. The molecule has 1 heterocycles. The molecular weight excluding hydrogens is 323 g/mol. The van der Waals surface area contributed by atoms with Crippen molar-refractivity contribution in [3.63, 3.8) is 0 Å². The van der Waals surface area contributed by atoms with E-state index in [-0.39, 0.29) is 32.8 Å². The average molecular weight is 338 g/mol. The van der Waals surface area contributed by atoms with Crippen molar-refractivity contribution in [3.05, 3.63) is 27.0 Å². The molecule has 1 fully saturated rings. The second-order valence-electron chi connectivity index (χ2n) is 4.90. The fraction of sp³-hybridized carbons (Fsp3) is 0.538. The standard InChI is InChI=1S/C13H15Cl3N2O2/c14-8-6-17-12(11(16)10(8)15)13(20)18-5-7-3-1-2-4-9(7)19/h6-7,9,19H,1-5H2,(H,18,20). The molecule has 2 unspecified atom stereocenters. The smallest absolute Gasteiger partial charge is 0.271 e. The highest BCUT2D eigenvalue weighted by Crippen LogP contribution is 2.31. The SMILES string of the molecule is O=C(NCC1CCCCC1O)c1ncc(Cl)c(Cl)c1Cl. The van der Waals surface area contributed by atoms with Gasteiger partial charge in [0.2, 0.25) is 0 Å². The third-order valence-corrected chi connectivity index (χ3v) is 4.77. The molecule has 0 radical (unpaired) electrons. The second-order valence-corrected chi connectivity index (χ2v) is 6.07. The van der Waals surface area contributed by atoms with Gasteiger partial charge in [-0.15, -0.1) is 0 Å². The number of carbonyl (C=O) groups excluding carboxylic acids is 1. The van der Waals surface area contributed by atoms with Gasteiger partial charge < -0.3 is 10.4 Å². The minimum atomic E-state index is -0.411. The van der Waals surface area contributed by atoms with Gasteiger partial charge in [-0.05, 0) is 12.8 Å². The van der Waals surface area contributed by atoms with Crippen LogP contribution in [0.5, 0.6) is 0 Å². The van der Waals surface area contributed by atoms with Gasteiger partial charge in [-0.1, -0.05) is 47.6 Å². The van der Waals surface area contributed by atoms with Gasteiger partial charge in [-0.25, -0.2) is 4.98 Å². The van der Waals surface area contributed by atoms with Gasteiger partial charge in [0.25, 0.3) is 5.91 Å². The molecule has 4 nitrogen and oxygen atoms in total. The number of hydrogen-bond donors (Lipinski definition) is 2. The Morgan fingerprint density at radius 2 is 2.00 bits per heavy atom. The van der Waals surface area contributed by atoms with Crippen LogP contribution >= 0.6 is 34.8 Å². The number of nitrogens with one attached hydrogen (secondary N) is 1. The van der Waals surface area contributed by atoms with E-state index < -0.39 is 5.91 Å². The molecule has 0 bridgehead atoms. The quantitative estimate of drug-likeness (QED) is 0.889. The number of aliphatic hydroxyl groups excluding tert-OH is 1. The molecule has 1 amide bonds. The average Bonchev–Trinajstić information content (AvgIpc) is 2.44. The normalized spacial score (nSPS) is 22.6. The molecule has 2 N–H and O–H groups in total. The Morgan fingerprint density at radius 1 is 1.30 bits per heavy atom. The molecule has 110 valence electrons. The van der Waals surface area contributed by atoms with Crippen LogP contribution in [0.1, 0.15) is 36.2 Å². The molecule has 7 heteroatoms. The van der Waals surface area contributed by atoms with E-state index in [0.717, 1.165) is 25.7 Å². The predicted molar refractivity (Wildman–Crippen MR) is 79.6 cm³/mol. The molecule has 1 aromatic heterocycles. The minimum Gasteiger partial charge on any atom is -0.393 e. The van der Waals surface area contributed by atoms with Crippen LogP contribution in [0, 0.1) is 5.92 Å². The van der Waals surface area contributed by atoms with Gasteiger partial charge in [0.05, 0.1) is 21.2 Å². The molecule has 20 heavy (non-hydrogen) atoms. The fourth-order valence-electron chi connectivity index (χ4n) is 2.34. The third-order valence-electron chi connectivity index (χ3n) is 3.53. The Hall–Kier alpha value is -0.550. The summed E-state index contributed by atoms with van der Waals surface area (Å²) in [5.41, 5.74) is 0.0476. The minimum absolute atomic E-state index is 0.0425. The van der Waals surface area contributed by atoms with E-state index in [4.69, 9.17) is 34.8 Å². The first-order chi connectivity index (χ1) is 9.50. The maximum Gasteiger partial charge on any atom is 0.271 e. The summed E-state index contributed by atoms with van der Waals surface area (Å²) in [5, 5.41) is 13.0. The van der Waals surface area contributed by atoms with E-state index in [1.807, 2.05) is 0 Å². The van der Waals surface area contributed by atoms with Crippen LogP contribution in [-0.4, -0.2) is 28.6 Å². The van der Waals surface area contributed by atoms with Gasteiger partial charge in [-0.3, -0.25) is 4.79 Å². The number of pyridine rings is 1. The maximum absolute atomic E-state index is 12.0. The van der Waals surface area contributed by atoms with Crippen molar-refractivity contribution in [1.29, 1.82) is 0 Å². The molecule has 1 aliphatic carbocycles. The molecule has 0 spiro atoms. The Bertz CT molecular complexity index is 511. The number of rotatable bonds is 3. The van der Waals surface area contributed by atoms with Crippen LogP contribution < -0.4 is 5.32 Å². The zero-order chi connectivity index (χ0) is 14.7. The van der Waals surface area contributed by atoms with Crippen molar-refractivity contribution in [2.45, 2.75) is 31.8 Å². The van der Waals surface area contributed by atoms with Gasteiger partial charge in [-0.2, -0.15) is 0 Å². The van der Waals surface area contributed by atoms with E-state index >= 15 is 0 Å². The highest BCUT2D eigenvalue weighted by atomic mass is 35.5. The molecule has 2 rings (SSSR count). The first-order valence-corrected chi connectivity index (χ1v) is 7.60. The third kappa shape index (κ3) is 3.55. The van der Waals surface area contributed by atoms with Gasteiger partial charge >= 0.3 is 0 Å². The lowest BCUT2D eigenvalue weighted by Crippen LogP contribution is -2.37. The number of hydrogen-bond acceptors (Lipinski definition) is 3. The van der Waals surface area contributed by atoms with Gasteiger partial charge in [0, 0.05) is 18.7 Å². The first-order valence-electron chi connectivity index (χ1n) is 6.46. The zero-order valence-electron chi connectivity index (χ0n) is 10.7. The Morgan fingerprint density at radius 3 is 2.70 bits per heavy atom. The fourth-order valence-corrected chi connectivity index (χ4v) is 2.90. The summed E-state index contributed by atoms with van der Waals surface area (Å²) in [4.78, 5) is 15.9. The van der Waals surface area contributed by atoms with Gasteiger partial charge in [0.15, 0.2) is 0 Å². The van der Waals surface area contributed by atoms with Crippen molar-refractivity contribution in [2.75, 3.05) is 6.54 Å². The molecular formula is C13H15Cl3N2O2. The van der Waals surface area contributed by atoms with Gasteiger partial charge in [0.1, 0.15) is 5.69 Å². The van der Waals surface area contributed by atoms with Crippen molar-refractivity contribution >= 4 is 40.7 Å². The lowest BCUT2D eigenvalue weighted by atomic mass is 9.86. The number of aromatic nitrogens is 1. The lowest BCUT2D eigenvalue weighted by Gasteiger charge is -2.27. The Kier molecular flexibility index (Phi) is 5.49. The molecule has 0 aliphatic heterocycles. The summed E-state index contributed by atoms with van der Waals surface area (Å²) < 4.78 is 0. The van der Waals surface area contributed by atoms with Crippen LogP contribution in [0.15, 0.2) is 6.20 Å². The Balaban J connectivity index is 2.00. The number of halogens is 3. The van der Waals surface area contributed by atoms with Crippen LogP contribution in [0.25, 0.3) is 0 Å².